The molecule has 1 fully saturated rings. The standard InChI is InChI=1S/C25H26FN3O2/c26-22-8-4-3-6-20(22)11-12-27-24(30)16-23-25(31)28-13-14-29(23)17-18-9-10-19-5-1-2-7-21(19)15-18/h1-10,15,23H,11-14,16-17H2,(H,27,30)(H,28,31)/t23-/m1/s1. The topological polar surface area (TPSA) is 61.4 Å². The number of carbonyl (C=O) groups is 2. The normalized spacial score (nSPS) is 16.8. The lowest BCUT2D eigenvalue weighted by molar-refractivity contribution is -0.134. The molecule has 2 amide bonds. The molecule has 31 heavy (non-hydrogen) atoms. The second kappa shape index (κ2) is 9.71. The molecule has 1 saturated heterocycles. The molecule has 160 valence electrons. The van der Waals surface area contributed by atoms with Crippen LogP contribution >= 0.6 is 0 Å². The molecule has 1 aliphatic heterocycles. The average Bonchev–Trinajstić information content (AvgIpc) is 2.77. The van der Waals surface area contributed by atoms with Crippen LogP contribution in [0.15, 0.2) is 66.7 Å². The smallest absolute Gasteiger partial charge is 0.237 e. The van der Waals surface area contributed by atoms with Gasteiger partial charge in [-0.1, -0.05) is 54.6 Å². The zero-order valence-corrected chi connectivity index (χ0v) is 17.3. The van der Waals surface area contributed by atoms with Crippen LogP contribution in [0.4, 0.5) is 4.39 Å². The van der Waals surface area contributed by atoms with Crippen LogP contribution in [0.1, 0.15) is 17.5 Å². The van der Waals surface area contributed by atoms with Crippen LogP contribution in [0.3, 0.4) is 0 Å². The van der Waals surface area contributed by atoms with Crippen LogP contribution in [0.25, 0.3) is 10.8 Å². The van der Waals surface area contributed by atoms with Gasteiger partial charge in [0.1, 0.15) is 5.82 Å². The highest BCUT2D eigenvalue weighted by molar-refractivity contribution is 5.89. The maximum atomic E-state index is 13.7. The number of hydrogen-bond acceptors (Lipinski definition) is 3. The van der Waals surface area contributed by atoms with Gasteiger partial charge in [-0.05, 0) is 40.5 Å². The first-order chi connectivity index (χ1) is 15.1. The Morgan fingerprint density at radius 3 is 2.68 bits per heavy atom. The van der Waals surface area contributed by atoms with Crippen molar-refractivity contribution < 1.29 is 14.0 Å². The lowest BCUT2D eigenvalue weighted by Crippen LogP contribution is -2.56. The van der Waals surface area contributed by atoms with Gasteiger partial charge in [0.15, 0.2) is 0 Å². The molecule has 0 saturated carbocycles. The fourth-order valence-corrected chi connectivity index (χ4v) is 4.03. The van der Waals surface area contributed by atoms with Crippen LogP contribution in [0, 0.1) is 5.82 Å². The number of fused-ring (bicyclic) bond motifs is 1. The van der Waals surface area contributed by atoms with Crippen LogP contribution in [0.5, 0.6) is 0 Å². The highest BCUT2D eigenvalue weighted by Crippen LogP contribution is 2.19. The summed E-state index contributed by atoms with van der Waals surface area (Å²) in [6.45, 7) is 2.19. The van der Waals surface area contributed by atoms with Crippen molar-refractivity contribution in [1.82, 2.24) is 15.5 Å². The van der Waals surface area contributed by atoms with E-state index < -0.39 is 6.04 Å². The fourth-order valence-electron chi connectivity index (χ4n) is 4.03. The summed E-state index contributed by atoms with van der Waals surface area (Å²) in [7, 11) is 0. The molecule has 2 N–H and O–H groups in total. The number of amides is 2. The first-order valence-electron chi connectivity index (χ1n) is 10.6. The molecule has 0 aromatic heterocycles. The van der Waals surface area contributed by atoms with E-state index in [9.17, 15) is 14.0 Å². The van der Waals surface area contributed by atoms with Crippen LogP contribution in [-0.4, -0.2) is 42.4 Å². The number of piperazine rings is 1. The van der Waals surface area contributed by atoms with E-state index in [0.717, 1.165) is 10.9 Å². The Balaban J connectivity index is 1.37. The monoisotopic (exact) mass is 419 g/mol. The second-order valence-corrected chi connectivity index (χ2v) is 7.85. The Kier molecular flexibility index (Phi) is 6.57. The van der Waals surface area contributed by atoms with Crippen molar-refractivity contribution in [3.63, 3.8) is 0 Å². The fraction of sp³-hybridized carbons (Fsp3) is 0.280. The van der Waals surface area contributed by atoms with Crippen LogP contribution in [-0.2, 0) is 22.6 Å². The summed E-state index contributed by atoms with van der Waals surface area (Å²) >= 11 is 0. The number of halogens is 1. The van der Waals surface area contributed by atoms with Gasteiger partial charge in [0.25, 0.3) is 0 Å². The summed E-state index contributed by atoms with van der Waals surface area (Å²) < 4.78 is 13.7. The molecule has 0 radical (unpaired) electrons. The number of nitrogens with one attached hydrogen (secondary N) is 2. The van der Waals surface area contributed by atoms with Gasteiger partial charge < -0.3 is 10.6 Å². The van der Waals surface area contributed by atoms with Gasteiger partial charge in [-0.15, -0.1) is 0 Å². The van der Waals surface area contributed by atoms with Crippen LogP contribution < -0.4 is 10.6 Å². The van der Waals surface area contributed by atoms with Gasteiger partial charge in [0, 0.05) is 26.2 Å². The maximum Gasteiger partial charge on any atom is 0.237 e. The second-order valence-electron chi connectivity index (χ2n) is 7.85. The van der Waals surface area contributed by atoms with E-state index in [1.165, 1.54) is 11.5 Å². The van der Waals surface area contributed by atoms with Crippen molar-refractivity contribution in [2.24, 2.45) is 0 Å². The molecular weight excluding hydrogens is 393 g/mol. The molecule has 1 atom stereocenters. The molecule has 1 aliphatic rings. The largest absolute Gasteiger partial charge is 0.356 e. The quantitative estimate of drug-likeness (QED) is 0.619. The first kappa shape index (κ1) is 21.0. The summed E-state index contributed by atoms with van der Waals surface area (Å²) in [6.07, 6.45) is 0.493. The Labute approximate surface area is 181 Å². The van der Waals surface area contributed by atoms with Crippen LogP contribution in [0.2, 0.25) is 0 Å². The molecular formula is C25H26FN3O2. The molecule has 6 heteroatoms. The molecule has 4 rings (SSSR count). The van der Waals surface area contributed by atoms with Gasteiger partial charge in [0.2, 0.25) is 11.8 Å². The Morgan fingerprint density at radius 2 is 1.84 bits per heavy atom. The highest BCUT2D eigenvalue weighted by Gasteiger charge is 2.31. The first-order valence-corrected chi connectivity index (χ1v) is 10.6. The SMILES string of the molecule is O=C(C[C@@H]1C(=O)NCCN1Cc1ccc2ccccc2c1)NCCc1ccccc1F. The number of benzene rings is 3. The predicted molar refractivity (Wildman–Crippen MR) is 119 cm³/mol. The third kappa shape index (κ3) is 5.27. The molecule has 0 bridgehead atoms. The summed E-state index contributed by atoms with van der Waals surface area (Å²) in [5, 5.41) is 8.02. The molecule has 0 aliphatic carbocycles. The van der Waals surface area contributed by atoms with E-state index >= 15 is 0 Å². The van der Waals surface area contributed by atoms with E-state index in [1.807, 2.05) is 12.1 Å². The number of hydrogen-bond donors (Lipinski definition) is 2. The zero-order valence-electron chi connectivity index (χ0n) is 17.3. The molecule has 0 spiro atoms. The van der Waals surface area contributed by atoms with Crippen molar-refractivity contribution in [3.05, 3.63) is 83.7 Å². The Hall–Kier alpha value is -3.25. The molecule has 5 nitrogen and oxygen atoms in total. The molecule has 3 aromatic carbocycles. The van der Waals surface area contributed by atoms with Crippen molar-refractivity contribution in [3.8, 4) is 0 Å². The minimum atomic E-state index is -0.520. The van der Waals surface area contributed by atoms with E-state index in [1.54, 1.807) is 18.2 Å². The minimum Gasteiger partial charge on any atom is -0.356 e. The van der Waals surface area contributed by atoms with Gasteiger partial charge in [0.05, 0.1) is 12.5 Å². The highest BCUT2D eigenvalue weighted by atomic mass is 19.1. The molecule has 1 heterocycles. The molecule has 0 unspecified atom stereocenters. The zero-order chi connectivity index (χ0) is 21.6. The third-order valence-corrected chi connectivity index (χ3v) is 5.69. The minimum absolute atomic E-state index is 0.0800. The van der Waals surface area contributed by atoms with Gasteiger partial charge >= 0.3 is 0 Å². The van der Waals surface area contributed by atoms with Gasteiger partial charge in [-0.2, -0.15) is 0 Å². The van der Waals surface area contributed by atoms with Gasteiger partial charge in [-0.25, -0.2) is 4.39 Å². The summed E-state index contributed by atoms with van der Waals surface area (Å²) in [5.74, 6) is -0.608. The third-order valence-electron chi connectivity index (χ3n) is 5.69. The van der Waals surface area contributed by atoms with Crippen molar-refractivity contribution in [1.29, 1.82) is 0 Å². The number of carbonyl (C=O) groups excluding carboxylic acids is 2. The summed E-state index contributed by atoms with van der Waals surface area (Å²) in [6, 6.07) is 20.5. The average molecular weight is 420 g/mol. The number of nitrogens with zero attached hydrogens (tertiary/aromatic N) is 1. The summed E-state index contributed by atoms with van der Waals surface area (Å²) in [4.78, 5) is 27.0. The lowest BCUT2D eigenvalue weighted by Gasteiger charge is -2.34. The van der Waals surface area contributed by atoms with Gasteiger partial charge in [-0.3, -0.25) is 14.5 Å². The van der Waals surface area contributed by atoms with E-state index in [4.69, 9.17) is 0 Å². The van der Waals surface area contributed by atoms with Crippen molar-refractivity contribution >= 4 is 22.6 Å². The molecule has 3 aromatic rings. The Morgan fingerprint density at radius 1 is 1.06 bits per heavy atom. The van der Waals surface area contributed by atoms with Crippen molar-refractivity contribution in [2.45, 2.75) is 25.4 Å². The maximum absolute atomic E-state index is 13.7. The Bertz CT molecular complexity index is 1090. The van der Waals surface area contributed by atoms with E-state index in [-0.39, 0.29) is 24.1 Å². The van der Waals surface area contributed by atoms with E-state index in [2.05, 4.69) is 45.9 Å². The summed E-state index contributed by atoms with van der Waals surface area (Å²) in [5.41, 5.74) is 1.68. The number of rotatable bonds is 7. The van der Waals surface area contributed by atoms with Crippen molar-refractivity contribution in [2.75, 3.05) is 19.6 Å². The predicted octanol–water partition coefficient (Wildman–Crippen LogP) is 3.03. The lowest BCUT2D eigenvalue weighted by atomic mass is 10.0. The van der Waals surface area contributed by atoms with E-state index in [0.29, 0.717) is 38.2 Å².